The van der Waals surface area contributed by atoms with Crippen molar-refractivity contribution in [1.82, 2.24) is 0 Å². The maximum Gasteiger partial charge on any atom is 0.0273 e. The number of hydrogen-bond donors (Lipinski definition) is 0. The summed E-state index contributed by atoms with van der Waals surface area (Å²) in [6, 6.07) is 0. The molecule has 2 aliphatic rings. The molecular weight excluding hydrogens is 84.1 g/mol. The van der Waals surface area contributed by atoms with Crippen LogP contribution in [0.25, 0.3) is 0 Å². The Labute approximate surface area is 47.0 Å². The van der Waals surface area contributed by atoms with E-state index >= 15 is 0 Å². The van der Waals surface area contributed by atoms with E-state index in [9.17, 15) is 0 Å². The molecule has 0 aromatic heterocycles. The number of hydrogen-bond acceptors (Lipinski definition) is 0. The van der Waals surface area contributed by atoms with Crippen molar-refractivity contribution >= 4 is 0 Å². The van der Waals surface area contributed by atoms with Crippen LogP contribution in [0.15, 0.2) is 12.2 Å². The Morgan fingerprint density at radius 1 is 1.57 bits per heavy atom. The van der Waals surface area contributed by atoms with Gasteiger partial charge in [0.1, 0.15) is 0 Å². The van der Waals surface area contributed by atoms with Crippen molar-refractivity contribution in [3.05, 3.63) is 12.2 Å². The Hall–Kier alpha value is -0.260. The molecule has 1 fully saturated rings. The van der Waals surface area contributed by atoms with Crippen LogP contribution >= 0.6 is 0 Å². The fourth-order valence-corrected chi connectivity index (χ4v) is 1.23. The van der Waals surface area contributed by atoms with E-state index in [2.05, 4.69) is 12.2 Å². The number of allylic oxidation sites excluding steroid dienone is 2. The normalized spacial score (nSPS) is 70.9. The minimum absolute atomic E-state index is 0.0926. The monoisotopic (exact) mass is 96.1 g/mol. The summed E-state index contributed by atoms with van der Waals surface area (Å²) in [5.74, 6) is 0.944. The molecule has 0 unspecified atom stereocenters. The van der Waals surface area contributed by atoms with Crippen molar-refractivity contribution in [2.24, 2.45) is 11.8 Å². The lowest BCUT2D eigenvalue weighted by atomic mass is 9.76. The van der Waals surface area contributed by atoms with Crippen LogP contribution in [0.4, 0.5) is 0 Å². The summed E-state index contributed by atoms with van der Waals surface area (Å²) in [7, 11) is 0. The van der Waals surface area contributed by atoms with Crippen LogP contribution in [0.2, 0.25) is 0 Å². The Kier molecular flexibility index (Phi) is 0.374. The van der Waals surface area contributed by atoms with E-state index in [1.54, 1.807) is 0 Å². The molecule has 2 aliphatic carbocycles. The molecular formula is C7H10. The zero-order valence-corrected chi connectivity index (χ0v) is 4.17. The molecule has 0 radical (unpaired) electrons. The second-order valence-electron chi connectivity index (χ2n) is 2.29. The Bertz CT molecular complexity index is 153. The van der Waals surface area contributed by atoms with Crippen molar-refractivity contribution in [3.8, 4) is 0 Å². The number of fused-ring (bicyclic) bond motifs is 1. The summed E-state index contributed by atoms with van der Waals surface area (Å²) in [5, 5.41) is 0. The predicted molar refractivity (Wildman–Crippen MR) is 30.0 cm³/mol. The van der Waals surface area contributed by atoms with Gasteiger partial charge in [0.05, 0.1) is 0 Å². The van der Waals surface area contributed by atoms with Crippen molar-refractivity contribution < 1.29 is 2.74 Å². The molecule has 0 amide bonds. The summed E-state index contributed by atoms with van der Waals surface area (Å²) >= 11 is 0. The molecule has 0 aromatic carbocycles. The molecule has 0 heterocycles. The van der Waals surface area contributed by atoms with Crippen LogP contribution < -0.4 is 0 Å². The zero-order chi connectivity index (χ0) is 6.43. The predicted octanol–water partition coefficient (Wildman–Crippen LogP) is 1.97. The van der Waals surface area contributed by atoms with E-state index in [1.165, 1.54) is 0 Å². The fraction of sp³-hybridized carbons (Fsp3) is 0.714. The molecule has 0 N–H and O–H groups in total. The second-order valence-corrected chi connectivity index (χ2v) is 2.29. The van der Waals surface area contributed by atoms with Crippen LogP contribution in [0.3, 0.4) is 0 Å². The highest BCUT2D eigenvalue weighted by Gasteiger charge is 2.30. The van der Waals surface area contributed by atoms with Gasteiger partial charge in [0.15, 0.2) is 0 Å². The van der Waals surface area contributed by atoms with Gasteiger partial charge in [0.25, 0.3) is 0 Å². The van der Waals surface area contributed by atoms with Crippen LogP contribution in [-0.4, -0.2) is 0 Å². The van der Waals surface area contributed by atoms with Gasteiger partial charge in [-0.2, -0.15) is 0 Å². The lowest BCUT2D eigenvalue weighted by Gasteiger charge is -2.29. The van der Waals surface area contributed by atoms with E-state index in [0.717, 1.165) is 6.42 Å². The standard InChI is InChI=1S/C7H10/c1-2-6-4-5-7(6)3-1/h1-2,6-7H,3-5H2/t6-,7-/m1/s1/i4D,5D/t4-,5+,6-,7-. The molecule has 4 atom stereocenters. The van der Waals surface area contributed by atoms with Gasteiger partial charge in [-0.25, -0.2) is 0 Å². The lowest BCUT2D eigenvalue weighted by Crippen LogP contribution is -2.18. The van der Waals surface area contributed by atoms with Crippen LogP contribution in [0, 0.1) is 11.8 Å². The quantitative estimate of drug-likeness (QED) is 0.404. The molecule has 0 heteroatoms. The maximum absolute atomic E-state index is 7.42. The summed E-state index contributed by atoms with van der Waals surface area (Å²) in [6.07, 6.45) is 5.06. The van der Waals surface area contributed by atoms with Gasteiger partial charge in [-0.3, -0.25) is 0 Å². The third kappa shape index (κ3) is 0.370. The highest BCUT2D eigenvalue weighted by molar-refractivity contribution is 5.05. The molecule has 0 aromatic rings. The smallest absolute Gasteiger partial charge is 0.0273 e. The molecule has 1 saturated carbocycles. The molecule has 7 heavy (non-hydrogen) atoms. The van der Waals surface area contributed by atoms with Gasteiger partial charge in [0.2, 0.25) is 0 Å². The first-order chi connectivity index (χ1) is 4.30. The minimum Gasteiger partial charge on any atom is -0.0880 e. The maximum atomic E-state index is 7.42. The van der Waals surface area contributed by atoms with Crippen molar-refractivity contribution in [3.63, 3.8) is 0 Å². The first-order valence-electron chi connectivity index (χ1n) is 3.97. The van der Waals surface area contributed by atoms with E-state index in [4.69, 9.17) is 2.74 Å². The summed E-state index contributed by atoms with van der Waals surface area (Å²) in [6.45, 7) is 0. The van der Waals surface area contributed by atoms with Crippen molar-refractivity contribution in [1.29, 1.82) is 0 Å². The molecule has 0 nitrogen and oxygen atoms in total. The summed E-state index contributed by atoms with van der Waals surface area (Å²) < 4.78 is 14.8. The molecule has 0 bridgehead atoms. The van der Waals surface area contributed by atoms with E-state index < -0.39 is 0 Å². The largest absolute Gasteiger partial charge is 0.0880 e. The summed E-state index contributed by atoms with van der Waals surface area (Å²) in [5.41, 5.74) is 0. The Morgan fingerprint density at radius 3 is 3.43 bits per heavy atom. The van der Waals surface area contributed by atoms with Gasteiger partial charge in [-0.05, 0) is 31.1 Å². The molecule has 38 valence electrons. The van der Waals surface area contributed by atoms with E-state index in [0.29, 0.717) is 11.8 Å². The van der Waals surface area contributed by atoms with Crippen LogP contribution in [0.5, 0.6) is 0 Å². The molecule has 0 spiro atoms. The van der Waals surface area contributed by atoms with Gasteiger partial charge in [-0.1, -0.05) is 12.2 Å². The van der Waals surface area contributed by atoms with E-state index in [-0.39, 0.29) is 12.8 Å². The lowest BCUT2D eigenvalue weighted by molar-refractivity contribution is 0.249. The Balaban J connectivity index is 2.12. The Morgan fingerprint density at radius 2 is 2.57 bits per heavy atom. The first kappa shape index (κ1) is 2.34. The third-order valence-corrected chi connectivity index (χ3v) is 1.84. The van der Waals surface area contributed by atoms with Gasteiger partial charge >= 0.3 is 0 Å². The van der Waals surface area contributed by atoms with Gasteiger partial charge in [0, 0.05) is 2.74 Å². The second kappa shape index (κ2) is 1.12. The first-order valence-corrected chi connectivity index (χ1v) is 2.82. The average Bonchev–Trinajstić information content (AvgIpc) is 2.30. The number of rotatable bonds is 0. The zero-order valence-electron chi connectivity index (χ0n) is 6.17. The third-order valence-electron chi connectivity index (χ3n) is 1.84. The highest BCUT2D eigenvalue weighted by Crippen LogP contribution is 2.41. The van der Waals surface area contributed by atoms with Crippen molar-refractivity contribution in [2.45, 2.75) is 19.2 Å². The molecule has 0 saturated heterocycles. The highest BCUT2D eigenvalue weighted by atomic mass is 14.3. The SMILES string of the molecule is [2H][C@@H]1[C@H]([2H])[C@H]2CC=C[C@H]12. The van der Waals surface area contributed by atoms with E-state index in [1.807, 2.05) is 0 Å². The molecule has 2 rings (SSSR count). The van der Waals surface area contributed by atoms with Crippen molar-refractivity contribution in [2.75, 3.05) is 0 Å². The topological polar surface area (TPSA) is 0 Å². The molecule has 0 aliphatic heterocycles. The average molecular weight is 96.2 g/mol. The fourth-order valence-electron chi connectivity index (χ4n) is 1.23. The van der Waals surface area contributed by atoms with Crippen LogP contribution in [-0.2, 0) is 0 Å². The van der Waals surface area contributed by atoms with Crippen LogP contribution in [0.1, 0.15) is 22.0 Å². The minimum atomic E-state index is -0.117. The van der Waals surface area contributed by atoms with Gasteiger partial charge < -0.3 is 0 Å². The van der Waals surface area contributed by atoms with Gasteiger partial charge in [-0.15, -0.1) is 0 Å². The summed E-state index contributed by atoms with van der Waals surface area (Å²) in [4.78, 5) is 0.